The van der Waals surface area contributed by atoms with Gasteiger partial charge in [-0.15, -0.1) is 0 Å². The van der Waals surface area contributed by atoms with Crippen molar-refractivity contribution in [1.82, 2.24) is 0 Å². The number of rotatable bonds is 4. The van der Waals surface area contributed by atoms with E-state index in [9.17, 15) is 9.36 Å². The summed E-state index contributed by atoms with van der Waals surface area (Å²) >= 11 is 0. The molecule has 1 aromatic carbocycles. The Kier molecular flexibility index (Phi) is 3.89. The average molecular weight is 241 g/mol. The fourth-order valence-corrected chi connectivity index (χ4v) is 2.84. The molecular weight excluding hydrogens is 225 g/mol. The Balaban J connectivity index is 3.05. The summed E-state index contributed by atoms with van der Waals surface area (Å²) in [6.07, 6.45) is 0.206. The molecule has 1 aromatic rings. The molecule has 0 radical (unpaired) electrons. The third-order valence-electron chi connectivity index (χ3n) is 2.33. The molecule has 3 N–H and O–H groups in total. The molecule has 0 amide bonds. The molecule has 0 saturated carbocycles. The van der Waals surface area contributed by atoms with Crippen LogP contribution in [0.5, 0.6) is 0 Å². The van der Waals surface area contributed by atoms with E-state index in [0.29, 0.717) is 5.30 Å². The molecule has 1 rings (SSSR count). The van der Waals surface area contributed by atoms with Crippen LogP contribution in [0.4, 0.5) is 0 Å². The SMILES string of the molecule is CP(C)(=O)c1ccccc1CC(N)C(=O)O. The summed E-state index contributed by atoms with van der Waals surface area (Å²) < 4.78 is 12.0. The Bertz CT molecular complexity index is 439. The lowest BCUT2D eigenvalue weighted by atomic mass is 10.1. The highest BCUT2D eigenvalue weighted by Crippen LogP contribution is 2.36. The first kappa shape index (κ1) is 12.9. The lowest BCUT2D eigenvalue weighted by Crippen LogP contribution is -2.33. The summed E-state index contributed by atoms with van der Waals surface area (Å²) in [6.45, 7) is 3.33. The summed E-state index contributed by atoms with van der Waals surface area (Å²) in [5.41, 5.74) is 6.23. The Morgan fingerprint density at radius 2 is 2.00 bits per heavy atom. The molecule has 0 aliphatic carbocycles. The van der Waals surface area contributed by atoms with Crippen LogP contribution in [0.25, 0.3) is 0 Å². The number of carbonyl (C=O) groups is 1. The molecule has 1 unspecified atom stereocenters. The van der Waals surface area contributed by atoms with E-state index in [1.165, 1.54) is 0 Å². The summed E-state index contributed by atoms with van der Waals surface area (Å²) in [5.74, 6) is -1.04. The van der Waals surface area contributed by atoms with Gasteiger partial charge in [0.15, 0.2) is 0 Å². The van der Waals surface area contributed by atoms with E-state index in [4.69, 9.17) is 10.8 Å². The second kappa shape index (κ2) is 4.81. The third kappa shape index (κ3) is 3.19. The first-order chi connectivity index (χ1) is 7.32. The minimum Gasteiger partial charge on any atom is -0.480 e. The van der Waals surface area contributed by atoms with Crippen molar-refractivity contribution in [2.75, 3.05) is 13.3 Å². The van der Waals surface area contributed by atoms with Gasteiger partial charge in [0.05, 0.1) is 0 Å². The molecule has 0 saturated heterocycles. The van der Waals surface area contributed by atoms with Crippen LogP contribution in [-0.2, 0) is 15.8 Å². The van der Waals surface area contributed by atoms with E-state index in [-0.39, 0.29) is 6.42 Å². The van der Waals surface area contributed by atoms with Crippen LogP contribution in [-0.4, -0.2) is 30.4 Å². The number of carboxylic acid groups (broad SMARTS) is 1. The summed E-state index contributed by atoms with van der Waals surface area (Å²) in [6, 6.07) is 6.18. The molecule has 0 spiro atoms. The minimum atomic E-state index is -2.39. The number of carboxylic acids is 1. The maximum Gasteiger partial charge on any atom is 0.320 e. The fourth-order valence-electron chi connectivity index (χ4n) is 1.53. The van der Waals surface area contributed by atoms with Gasteiger partial charge in [0.2, 0.25) is 0 Å². The van der Waals surface area contributed by atoms with Crippen molar-refractivity contribution < 1.29 is 14.5 Å². The normalized spacial score (nSPS) is 13.4. The lowest BCUT2D eigenvalue weighted by molar-refractivity contribution is -0.138. The van der Waals surface area contributed by atoms with Crippen molar-refractivity contribution in [2.24, 2.45) is 5.73 Å². The predicted molar refractivity (Wildman–Crippen MR) is 64.8 cm³/mol. The molecule has 0 bridgehead atoms. The van der Waals surface area contributed by atoms with Gasteiger partial charge in [0, 0.05) is 5.30 Å². The van der Waals surface area contributed by atoms with Crippen molar-refractivity contribution in [2.45, 2.75) is 12.5 Å². The molecule has 0 fully saturated rings. The van der Waals surface area contributed by atoms with Crippen LogP contribution in [0.1, 0.15) is 5.56 Å². The van der Waals surface area contributed by atoms with Crippen molar-refractivity contribution >= 4 is 18.4 Å². The standard InChI is InChI=1S/C11H16NO3P/c1-16(2,15)10-6-4-3-5-8(10)7-9(12)11(13)14/h3-6,9H,7,12H2,1-2H3,(H,13,14). The van der Waals surface area contributed by atoms with Gasteiger partial charge in [-0.2, -0.15) is 0 Å². The highest BCUT2D eigenvalue weighted by molar-refractivity contribution is 7.70. The van der Waals surface area contributed by atoms with Crippen LogP contribution in [0.2, 0.25) is 0 Å². The second-order valence-corrected chi connectivity index (χ2v) is 7.31. The number of nitrogens with two attached hydrogens (primary N) is 1. The van der Waals surface area contributed by atoms with Gasteiger partial charge in [-0.1, -0.05) is 24.3 Å². The molecule has 0 aliphatic rings. The molecule has 0 aromatic heterocycles. The van der Waals surface area contributed by atoms with Gasteiger partial charge in [0.25, 0.3) is 0 Å². The van der Waals surface area contributed by atoms with Crippen LogP contribution in [0, 0.1) is 0 Å². The molecule has 1 atom stereocenters. The Labute approximate surface area is 94.8 Å². The van der Waals surface area contributed by atoms with E-state index < -0.39 is 19.2 Å². The molecule has 4 nitrogen and oxygen atoms in total. The van der Waals surface area contributed by atoms with Crippen molar-refractivity contribution in [1.29, 1.82) is 0 Å². The van der Waals surface area contributed by atoms with Crippen LogP contribution >= 0.6 is 7.14 Å². The number of hydrogen-bond acceptors (Lipinski definition) is 3. The van der Waals surface area contributed by atoms with Crippen molar-refractivity contribution in [3.8, 4) is 0 Å². The molecule has 16 heavy (non-hydrogen) atoms. The molecule has 0 heterocycles. The monoisotopic (exact) mass is 241 g/mol. The molecule has 0 aliphatic heterocycles. The third-order valence-corrected chi connectivity index (χ3v) is 3.93. The van der Waals surface area contributed by atoms with Gasteiger partial charge >= 0.3 is 5.97 Å². The first-order valence-electron chi connectivity index (χ1n) is 4.94. The number of hydrogen-bond donors (Lipinski definition) is 2. The zero-order valence-electron chi connectivity index (χ0n) is 9.38. The Morgan fingerprint density at radius 3 is 2.50 bits per heavy atom. The number of benzene rings is 1. The van der Waals surface area contributed by atoms with Gasteiger partial charge < -0.3 is 15.4 Å². The predicted octanol–water partition coefficient (Wildman–Crippen LogP) is 0.889. The Morgan fingerprint density at radius 1 is 1.44 bits per heavy atom. The van der Waals surface area contributed by atoms with E-state index >= 15 is 0 Å². The second-order valence-electron chi connectivity index (χ2n) is 4.13. The van der Waals surface area contributed by atoms with Crippen LogP contribution in [0.15, 0.2) is 24.3 Å². The highest BCUT2D eigenvalue weighted by Gasteiger charge is 2.19. The summed E-state index contributed by atoms with van der Waals surface area (Å²) in [5, 5.41) is 9.46. The maximum absolute atomic E-state index is 12.0. The van der Waals surface area contributed by atoms with Crippen LogP contribution in [0.3, 0.4) is 0 Å². The van der Waals surface area contributed by atoms with E-state index in [2.05, 4.69) is 0 Å². The maximum atomic E-state index is 12.0. The zero-order valence-corrected chi connectivity index (χ0v) is 10.3. The molecular formula is C11H16NO3P. The summed E-state index contributed by atoms with van der Waals surface area (Å²) in [7, 11) is -2.39. The highest BCUT2D eigenvalue weighted by atomic mass is 31.2. The Hall–Kier alpha value is -1.12. The van der Waals surface area contributed by atoms with Crippen LogP contribution < -0.4 is 11.0 Å². The smallest absolute Gasteiger partial charge is 0.320 e. The van der Waals surface area contributed by atoms with Crippen molar-refractivity contribution in [3.63, 3.8) is 0 Å². The lowest BCUT2D eigenvalue weighted by Gasteiger charge is -2.14. The number of aliphatic carboxylic acids is 1. The van der Waals surface area contributed by atoms with Gasteiger partial charge in [-0.25, -0.2) is 0 Å². The molecule has 88 valence electrons. The van der Waals surface area contributed by atoms with Gasteiger partial charge in [0.1, 0.15) is 13.2 Å². The van der Waals surface area contributed by atoms with Gasteiger partial charge in [-0.3, -0.25) is 4.79 Å². The fraction of sp³-hybridized carbons (Fsp3) is 0.364. The quantitative estimate of drug-likeness (QED) is 0.767. The minimum absolute atomic E-state index is 0.206. The van der Waals surface area contributed by atoms with Crippen molar-refractivity contribution in [3.05, 3.63) is 29.8 Å². The van der Waals surface area contributed by atoms with E-state index in [1.54, 1.807) is 37.6 Å². The zero-order chi connectivity index (χ0) is 12.3. The topological polar surface area (TPSA) is 80.4 Å². The van der Waals surface area contributed by atoms with E-state index in [1.807, 2.05) is 0 Å². The summed E-state index contributed by atoms with van der Waals surface area (Å²) in [4.78, 5) is 10.7. The van der Waals surface area contributed by atoms with Gasteiger partial charge in [-0.05, 0) is 25.3 Å². The van der Waals surface area contributed by atoms with E-state index in [0.717, 1.165) is 5.56 Å². The first-order valence-corrected chi connectivity index (χ1v) is 7.54. The molecule has 5 heteroatoms. The largest absolute Gasteiger partial charge is 0.480 e. The average Bonchev–Trinajstić information content (AvgIpc) is 2.16.